The van der Waals surface area contributed by atoms with E-state index in [1.54, 1.807) is 10.9 Å². The van der Waals surface area contributed by atoms with Crippen molar-refractivity contribution in [2.45, 2.75) is 69.4 Å². The molecular formula is C23H34N9O7PS. The minimum absolute atomic E-state index is 0.0556. The van der Waals surface area contributed by atoms with Gasteiger partial charge in [-0.05, 0) is 30.8 Å². The molecule has 5 rings (SSSR count). The number of unbranched alkanes of at least 4 members (excludes halogenated alkanes) is 1. The van der Waals surface area contributed by atoms with Gasteiger partial charge in [0.05, 0.1) is 31.7 Å². The lowest BCUT2D eigenvalue weighted by atomic mass is 10.1. The Balaban J connectivity index is 1.25. The number of anilines is 2. The number of aromatic nitrogens is 6. The number of hydrogen-bond acceptors (Lipinski definition) is 14. The molecule has 16 nitrogen and oxygen atoms in total. The van der Waals surface area contributed by atoms with Gasteiger partial charge in [0.25, 0.3) is 0 Å². The van der Waals surface area contributed by atoms with E-state index < -0.39 is 49.8 Å². The molecule has 0 aromatic carbocycles. The molecule has 0 aliphatic carbocycles. The van der Waals surface area contributed by atoms with Crippen LogP contribution < -0.4 is 22.5 Å². The number of nitrogens with one attached hydrogen (secondary N) is 1. The van der Waals surface area contributed by atoms with Gasteiger partial charge in [-0.2, -0.15) is 4.98 Å². The lowest BCUT2D eigenvalue weighted by Gasteiger charge is -2.25. The lowest BCUT2D eigenvalue weighted by Crippen LogP contribution is -2.39. The molecule has 0 saturated carbocycles. The average molecular weight is 612 g/mol. The molecule has 5 heterocycles. The van der Waals surface area contributed by atoms with Crippen molar-refractivity contribution in [2.24, 2.45) is 0 Å². The van der Waals surface area contributed by atoms with Crippen LogP contribution in [0.5, 0.6) is 0 Å². The highest BCUT2D eigenvalue weighted by molar-refractivity contribution is 8.07. The number of nitrogens with two attached hydrogens (primary N) is 2. The Morgan fingerprint density at radius 1 is 1.20 bits per heavy atom. The van der Waals surface area contributed by atoms with Gasteiger partial charge in [-0.15, -0.1) is 0 Å². The summed E-state index contributed by atoms with van der Waals surface area (Å²) in [6.07, 6.45) is 3.77. The summed E-state index contributed by atoms with van der Waals surface area (Å²) in [4.78, 5) is 39.5. The maximum absolute atomic E-state index is 12.3. The number of ether oxygens (including phenoxy) is 2. The van der Waals surface area contributed by atoms with Crippen molar-refractivity contribution in [1.29, 1.82) is 0 Å². The molecule has 224 valence electrons. The molecule has 7 atom stereocenters. The molecule has 0 spiro atoms. The number of hydrogen-bond donors (Lipinski definition) is 5. The zero-order valence-corrected chi connectivity index (χ0v) is 24.1. The van der Waals surface area contributed by atoms with Crippen LogP contribution in [-0.2, 0) is 30.3 Å². The number of aliphatic hydroxyl groups excluding tert-OH is 1. The predicted octanol–water partition coefficient (Wildman–Crippen LogP) is 0.192. The molecule has 3 aromatic heterocycles. The molecule has 2 saturated heterocycles. The van der Waals surface area contributed by atoms with Crippen molar-refractivity contribution in [3.05, 3.63) is 35.4 Å². The first-order chi connectivity index (χ1) is 19.7. The molecule has 3 aromatic rings. The van der Waals surface area contributed by atoms with Gasteiger partial charge in [0, 0.05) is 25.1 Å². The lowest BCUT2D eigenvalue weighted by molar-refractivity contribution is -0.0473. The van der Waals surface area contributed by atoms with Gasteiger partial charge in [0.15, 0.2) is 11.5 Å². The zero-order chi connectivity index (χ0) is 29.1. The van der Waals surface area contributed by atoms with Crippen LogP contribution in [0.3, 0.4) is 0 Å². The maximum atomic E-state index is 12.3. The Morgan fingerprint density at radius 3 is 2.73 bits per heavy atom. The molecular weight excluding hydrogens is 577 g/mol. The minimum Gasteiger partial charge on any atom is -0.394 e. The van der Waals surface area contributed by atoms with Crippen LogP contribution in [0.2, 0.25) is 0 Å². The third-order valence-corrected chi connectivity index (χ3v) is 8.65. The van der Waals surface area contributed by atoms with Crippen LogP contribution >= 0.6 is 6.72 Å². The van der Waals surface area contributed by atoms with Crippen molar-refractivity contribution in [3.63, 3.8) is 0 Å². The highest BCUT2D eigenvalue weighted by Gasteiger charge is 2.42. The van der Waals surface area contributed by atoms with Crippen molar-refractivity contribution in [3.8, 4) is 0 Å². The largest absolute Gasteiger partial charge is 0.394 e. The average Bonchev–Trinajstić information content (AvgIpc) is 3.65. The second kappa shape index (κ2) is 12.7. The second-order valence-corrected chi connectivity index (χ2v) is 12.7. The second-order valence-electron chi connectivity index (χ2n) is 9.86. The van der Waals surface area contributed by atoms with E-state index in [0.717, 1.165) is 19.4 Å². The van der Waals surface area contributed by atoms with Gasteiger partial charge in [-0.25, -0.2) is 19.7 Å². The van der Waals surface area contributed by atoms with Crippen molar-refractivity contribution in [2.75, 3.05) is 31.2 Å². The summed E-state index contributed by atoms with van der Waals surface area (Å²) in [5.74, 6) is 0.353. The van der Waals surface area contributed by atoms with Gasteiger partial charge < -0.3 is 45.3 Å². The van der Waals surface area contributed by atoms with E-state index in [2.05, 4.69) is 32.2 Å². The van der Waals surface area contributed by atoms with Crippen LogP contribution in [-0.4, -0.2) is 83.2 Å². The topological polar surface area (TPSA) is 220 Å². The molecule has 2 fully saturated rings. The quantitative estimate of drug-likeness (QED) is 0.136. The summed E-state index contributed by atoms with van der Waals surface area (Å²) < 4.78 is 26.6. The smallest absolute Gasteiger partial charge is 0.351 e. The number of imidazole rings is 1. The summed E-state index contributed by atoms with van der Waals surface area (Å²) >= 11 is 5.31. The monoisotopic (exact) mass is 611 g/mol. The number of aliphatic hydroxyl groups is 1. The van der Waals surface area contributed by atoms with Crippen molar-refractivity contribution >= 4 is 41.3 Å². The molecule has 18 heteroatoms. The van der Waals surface area contributed by atoms with E-state index in [4.69, 9.17) is 41.8 Å². The zero-order valence-electron chi connectivity index (χ0n) is 22.4. The standard InChI is InChI=1S/C23H34N9O7PS/c1-2-3-5-26-13-7-18(32-12-29-20-21(25)27-11-28-22(20)32)38-16(13)10-36-40(35,41)39-14-8-19(37-15(14)9-33)31-6-4-17(24)30-23(31)34/h4,6,11-16,18-19,26,33H,2-3,5,7-10H2,1H3,(H,35,41)(H2,24,30,34)(H2,25,27,28)/t13-,14-,15+,16+,18+,19+,40?/m0/s1. The van der Waals surface area contributed by atoms with Gasteiger partial charge >= 0.3 is 12.4 Å². The molecule has 0 radical (unpaired) electrons. The van der Waals surface area contributed by atoms with E-state index in [1.807, 2.05) is 0 Å². The highest BCUT2D eigenvalue weighted by atomic mass is 32.5. The Bertz CT molecular complexity index is 1460. The predicted molar refractivity (Wildman–Crippen MR) is 151 cm³/mol. The summed E-state index contributed by atoms with van der Waals surface area (Å²) in [6.45, 7) is -1.41. The van der Waals surface area contributed by atoms with Gasteiger partial charge in [0.1, 0.15) is 36.2 Å². The number of nitrogens with zero attached hydrogens (tertiary/aromatic N) is 6. The fraction of sp³-hybridized carbons (Fsp3) is 0.609. The van der Waals surface area contributed by atoms with Gasteiger partial charge in [-0.1, -0.05) is 13.3 Å². The first kappa shape index (κ1) is 29.9. The molecule has 7 N–H and O–H groups in total. The van der Waals surface area contributed by atoms with Crippen LogP contribution in [0, 0.1) is 0 Å². The third kappa shape index (κ3) is 6.74. The normalized spacial score (nSPS) is 27.9. The van der Waals surface area contributed by atoms with E-state index in [-0.39, 0.29) is 30.7 Å². The fourth-order valence-corrected chi connectivity index (χ4v) is 6.45. The van der Waals surface area contributed by atoms with Gasteiger partial charge in [-0.3, -0.25) is 9.13 Å². The van der Waals surface area contributed by atoms with Crippen LogP contribution in [0.4, 0.5) is 11.6 Å². The van der Waals surface area contributed by atoms with Crippen molar-refractivity contribution < 1.29 is 28.5 Å². The molecule has 41 heavy (non-hydrogen) atoms. The molecule has 0 bridgehead atoms. The Kier molecular flexibility index (Phi) is 9.27. The van der Waals surface area contributed by atoms with Crippen LogP contribution in [0.1, 0.15) is 45.1 Å². The number of fused-ring (bicyclic) bond motifs is 1. The van der Waals surface area contributed by atoms with Gasteiger partial charge in [0.2, 0.25) is 0 Å². The summed E-state index contributed by atoms with van der Waals surface area (Å²) in [5.41, 5.74) is 11.9. The minimum atomic E-state index is -3.81. The number of nitrogen functional groups attached to an aromatic ring is 2. The van der Waals surface area contributed by atoms with Crippen LogP contribution in [0.15, 0.2) is 29.7 Å². The Morgan fingerprint density at radius 2 is 1.98 bits per heavy atom. The van der Waals surface area contributed by atoms with E-state index >= 15 is 0 Å². The summed E-state index contributed by atoms with van der Waals surface area (Å²) in [6, 6.07) is 1.34. The summed E-state index contributed by atoms with van der Waals surface area (Å²) in [5, 5.41) is 13.3. The SMILES string of the molecule is CCCCN[C@H]1C[C@H](n2cnc3c(N)ncnc32)O[C@@H]1COP(O)(=S)O[C@H]1C[C@H](n2ccc(N)nc2=O)O[C@@H]1CO. The van der Waals surface area contributed by atoms with Crippen molar-refractivity contribution in [1.82, 2.24) is 34.4 Å². The Hall–Kier alpha value is -2.60. The molecule has 0 amide bonds. The fourth-order valence-electron chi connectivity index (χ4n) is 4.98. The van der Waals surface area contributed by atoms with Crippen LogP contribution in [0.25, 0.3) is 11.2 Å². The van der Waals surface area contributed by atoms with E-state index in [1.165, 1.54) is 23.2 Å². The molecule has 2 aliphatic heterocycles. The molecule has 2 aliphatic rings. The summed E-state index contributed by atoms with van der Waals surface area (Å²) in [7, 11) is 0. The first-order valence-corrected chi connectivity index (χ1v) is 15.9. The van der Waals surface area contributed by atoms with E-state index in [0.29, 0.717) is 17.6 Å². The first-order valence-electron chi connectivity index (χ1n) is 13.3. The van der Waals surface area contributed by atoms with E-state index in [9.17, 15) is 14.8 Å². The maximum Gasteiger partial charge on any atom is 0.351 e. The molecule has 1 unspecified atom stereocenters. The number of rotatable bonds is 12. The highest BCUT2D eigenvalue weighted by Crippen LogP contribution is 2.49. The third-order valence-electron chi connectivity index (χ3n) is 7.06. The Labute approximate surface area is 240 Å².